The van der Waals surface area contributed by atoms with Gasteiger partial charge in [0.2, 0.25) is 0 Å². The Morgan fingerprint density at radius 1 is 1.12 bits per heavy atom. The van der Waals surface area contributed by atoms with Gasteiger partial charge in [-0.3, -0.25) is 4.79 Å². The number of ether oxygens (including phenoxy) is 1. The Balaban J connectivity index is 2.31. The zero-order valence-corrected chi connectivity index (χ0v) is 10.4. The lowest BCUT2D eigenvalue weighted by Crippen LogP contribution is -2.00. The zero-order valence-electron chi connectivity index (χ0n) is 10.4. The lowest BCUT2D eigenvalue weighted by molar-refractivity contribution is 0.0979. The molecule has 0 aliphatic carbocycles. The van der Waals surface area contributed by atoms with Crippen molar-refractivity contribution in [2.75, 3.05) is 13.7 Å². The van der Waals surface area contributed by atoms with Crippen LogP contribution in [0.4, 0.5) is 0 Å². The maximum atomic E-state index is 11.8. The number of hydrogen-bond acceptors (Lipinski definition) is 3. The van der Waals surface area contributed by atoms with Crippen molar-refractivity contribution in [1.82, 2.24) is 0 Å². The third kappa shape index (κ3) is 5.00. The van der Waals surface area contributed by atoms with Gasteiger partial charge in [-0.2, -0.15) is 0 Å². The Morgan fingerprint density at radius 2 is 1.76 bits per heavy atom. The van der Waals surface area contributed by atoms with Gasteiger partial charge >= 0.3 is 0 Å². The molecule has 0 heterocycles. The lowest BCUT2D eigenvalue weighted by atomic mass is 10.0. The number of carbonyl (C=O) groups excluding carboxylic acids is 1. The molecule has 0 fully saturated rings. The monoisotopic (exact) mass is 235 g/mol. The highest BCUT2D eigenvalue weighted by atomic mass is 16.5. The first-order chi connectivity index (χ1) is 8.27. The van der Waals surface area contributed by atoms with Crippen molar-refractivity contribution in [1.29, 1.82) is 0 Å². The van der Waals surface area contributed by atoms with E-state index >= 15 is 0 Å². The van der Waals surface area contributed by atoms with E-state index in [1.54, 1.807) is 7.11 Å². The summed E-state index contributed by atoms with van der Waals surface area (Å²) in [5, 5.41) is 0. The molecule has 1 rings (SSSR count). The Bertz CT molecular complexity index is 333. The highest BCUT2D eigenvalue weighted by molar-refractivity contribution is 5.96. The smallest absolute Gasteiger partial charge is 0.162 e. The summed E-state index contributed by atoms with van der Waals surface area (Å²) in [6.45, 7) is 0.742. The van der Waals surface area contributed by atoms with E-state index in [4.69, 9.17) is 10.5 Å². The molecule has 0 aliphatic heterocycles. The molecule has 0 spiro atoms. The van der Waals surface area contributed by atoms with Crippen molar-refractivity contribution in [2.45, 2.75) is 32.1 Å². The number of unbranched alkanes of at least 4 members (excludes halogenated alkanes) is 3. The summed E-state index contributed by atoms with van der Waals surface area (Å²) >= 11 is 0. The van der Waals surface area contributed by atoms with E-state index in [1.807, 2.05) is 24.3 Å². The molecule has 17 heavy (non-hydrogen) atoms. The van der Waals surface area contributed by atoms with Crippen LogP contribution in [-0.4, -0.2) is 19.4 Å². The fourth-order valence-electron chi connectivity index (χ4n) is 1.70. The first-order valence-electron chi connectivity index (χ1n) is 6.15. The molecular formula is C14H21NO2. The summed E-state index contributed by atoms with van der Waals surface area (Å²) in [6.07, 6.45) is 4.82. The molecular weight excluding hydrogens is 214 g/mol. The zero-order chi connectivity index (χ0) is 12.5. The third-order valence-corrected chi connectivity index (χ3v) is 2.77. The Kier molecular flexibility index (Phi) is 6.33. The van der Waals surface area contributed by atoms with Gasteiger partial charge in [-0.15, -0.1) is 0 Å². The van der Waals surface area contributed by atoms with Gasteiger partial charge in [-0.25, -0.2) is 0 Å². The van der Waals surface area contributed by atoms with Crippen LogP contribution in [0.5, 0.6) is 5.75 Å². The standard InChI is InChI=1S/C14H21NO2/c1-17-13-9-7-12(8-10-13)14(16)6-4-2-3-5-11-15/h7-10H,2-6,11,15H2,1H3. The van der Waals surface area contributed by atoms with Crippen LogP contribution in [0.15, 0.2) is 24.3 Å². The summed E-state index contributed by atoms with van der Waals surface area (Å²) in [4.78, 5) is 11.8. The third-order valence-electron chi connectivity index (χ3n) is 2.77. The number of nitrogens with two attached hydrogens (primary N) is 1. The maximum Gasteiger partial charge on any atom is 0.162 e. The predicted molar refractivity (Wildman–Crippen MR) is 69.5 cm³/mol. The minimum atomic E-state index is 0.209. The molecule has 0 unspecified atom stereocenters. The Hall–Kier alpha value is -1.35. The van der Waals surface area contributed by atoms with Crippen molar-refractivity contribution in [2.24, 2.45) is 5.73 Å². The molecule has 1 aromatic carbocycles. The van der Waals surface area contributed by atoms with Crippen LogP contribution in [0.2, 0.25) is 0 Å². The quantitative estimate of drug-likeness (QED) is 0.557. The van der Waals surface area contributed by atoms with Gasteiger partial charge in [0.15, 0.2) is 5.78 Å². The van der Waals surface area contributed by atoms with Crippen LogP contribution in [0.3, 0.4) is 0 Å². The van der Waals surface area contributed by atoms with Gasteiger partial charge in [0, 0.05) is 12.0 Å². The molecule has 0 saturated carbocycles. The first-order valence-corrected chi connectivity index (χ1v) is 6.15. The highest BCUT2D eigenvalue weighted by Crippen LogP contribution is 2.14. The number of Topliss-reactive ketones (excluding diaryl/α,β-unsaturated/α-hetero) is 1. The molecule has 3 nitrogen and oxygen atoms in total. The number of rotatable bonds is 8. The SMILES string of the molecule is COc1ccc(C(=O)CCCCCCN)cc1. The number of ketones is 1. The van der Waals surface area contributed by atoms with E-state index < -0.39 is 0 Å². The molecule has 3 heteroatoms. The van der Waals surface area contributed by atoms with Crippen LogP contribution in [0, 0.1) is 0 Å². The second-order valence-corrected chi connectivity index (χ2v) is 4.10. The van der Waals surface area contributed by atoms with Crippen LogP contribution in [0.25, 0.3) is 0 Å². The largest absolute Gasteiger partial charge is 0.497 e. The van der Waals surface area contributed by atoms with Crippen LogP contribution < -0.4 is 10.5 Å². The van der Waals surface area contributed by atoms with E-state index in [-0.39, 0.29) is 5.78 Å². The van der Waals surface area contributed by atoms with E-state index in [0.29, 0.717) is 6.42 Å². The van der Waals surface area contributed by atoms with Crippen molar-refractivity contribution in [3.63, 3.8) is 0 Å². The normalized spacial score (nSPS) is 10.2. The lowest BCUT2D eigenvalue weighted by Gasteiger charge is -2.03. The second-order valence-electron chi connectivity index (χ2n) is 4.10. The van der Waals surface area contributed by atoms with Crippen molar-refractivity contribution in [3.8, 4) is 5.75 Å². The molecule has 0 amide bonds. The average molecular weight is 235 g/mol. The van der Waals surface area contributed by atoms with Crippen molar-refractivity contribution in [3.05, 3.63) is 29.8 Å². The Labute approximate surface area is 103 Å². The van der Waals surface area contributed by atoms with Crippen LogP contribution >= 0.6 is 0 Å². The molecule has 0 bridgehead atoms. The molecule has 2 N–H and O–H groups in total. The summed E-state index contributed by atoms with van der Waals surface area (Å²) in [7, 11) is 1.62. The minimum absolute atomic E-state index is 0.209. The average Bonchev–Trinajstić information content (AvgIpc) is 2.38. The maximum absolute atomic E-state index is 11.8. The van der Waals surface area contributed by atoms with Crippen LogP contribution in [-0.2, 0) is 0 Å². The molecule has 94 valence electrons. The van der Waals surface area contributed by atoms with E-state index in [2.05, 4.69) is 0 Å². The van der Waals surface area contributed by atoms with Gasteiger partial charge < -0.3 is 10.5 Å². The van der Waals surface area contributed by atoms with Gasteiger partial charge in [0.25, 0.3) is 0 Å². The molecule has 0 aliphatic rings. The van der Waals surface area contributed by atoms with Crippen molar-refractivity contribution >= 4 is 5.78 Å². The molecule has 0 radical (unpaired) electrons. The van der Waals surface area contributed by atoms with Gasteiger partial charge in [0.1, 0.15) is 5.75 Å². The summed E-state index contributed by atoms with van der Waals surface area (Å²) in [5.74, 6) is 0.991. The highest BCUT2D eigenvalue weighted by Gasteiger charge is 2.05. The number of hydrogen-bond donors (Lipinski definition) is 1. The topological polar surface area (TPSA) is 52.3 Å². The van der Waals surface area contributed by atoms with Gasteiger partial charge in [-0.1, -0.05) is 12.8 Å². The molecule has 0 saturated heterocycles. The van der Waals surface area contributed by atoms with Gasteiger partial charge in [-0.05, 0) is 43.7 Å². The van der Waals surface area contributed by atoms with E-state index in [1.165, 1.54) is 0 Å². The van der Waals surface area contributed by atoms with Crippen molar-refractivity contribution < 1.29 is 9.53 Å². The minimum Gasteiger partial charge on any atom is -0.497 e. The summed E-state index contributed by atoms with van der Waals surface area (Å²) < 4.78 is 5.05. The Morgan fingerprint density at radius 3 is 2.35 bits per heavy atom. The molecule has 0 aromatic heterocycles. The fraction of sp³-hybridized carbons (Fsp3) is 0.500. The van der Waals surface area contributed by atoms with Crippen LogP contribution in [0.1, 0.15) is 42.5 Å². The number of benzene rings is 1. The second kappa shape index (κ2) is 7.85. The van der Waals surface area contributed by atoms with E-state index in [9.17, 15) is 4.79 Å². The summed E-state index contributed by atoms with van der Waals surface area (Å²) in [6, 6.07) is 7.28. The number of carbonyl (C=O) groups is 1. The predicted octanol–water partition coefficient (Wildman–Crippen LogP) is 2.79. The molecule has 0 atom stereocenters. The van der Waals surface area contributed by atoms with Gasteiger partial charge in [0.05, 0.1) is 7.11 Å². The molecule has 1 aromatic rings. The summed E-state index contributed by atoms with van der Waals surface area (Å²) in [5.41, 5.74) is 6.18. The fourth-order valence-corrected chi connectivity index (χ4v) is 1.70. The number of methoxy groups -OCH3 is 1. The first kappa shape index (κ1) is 13.7. The van der Waals surface area contributed by atoms with E-state index in [0.717, 1.165) is 43.5 Å².